The molecule has 1 unspecified atom stereocenters. The molecule has 0 aliphatic carbocycles. The van der Waals surface area contributed by atoms with Gasteiger partial charge in [-0.15, -0.1) is 0 Å². The first-order valence-electron chi connectivity index (χ1n) is 10.5. The van der Waals surface area contributed by atoms with E-state index >= 15 is 0 Å². The van der Waals surface area contributed by atoms with E-state index in [0.717, 1.165) is 48.9 Å². The lowest BCUT2D eigenvalue weighted by Crippen LogP contribution is -3.00. The van der Waals surface area contributed by atoms with Crippen LogP contribution in [0.25, 0.3) is 0 Å². The number of amides is 1. The molecule has 2 aromatic rings. The van der Waals surface area contributed by atoms with Crippen molar-refractivity contribution >= 4 is 23.2 Å². The quantitative estimate of drug-likeness (QED) is 0.310. The molecule has 0 heterocycles. The molecule has 0 aliphatic heterocycles. The van der Waals surface area contributed by atoms with Gasteiger partial charge >= 0.3 is 0 Å². The summed E-state index contributed by atoms with van der Waals surface area (Å²) in [6.45, 7) is 5.12. The van der Waals surface area contributed by atoms with Crippen LogP contribution in [0.5, 0.6) is 0 Å². The molecule has 1 amide bonds. The second kappa shape index (κ2) is 12.8. The molecule has 166 valence electrons. The van der Waals surface area contributed by atoms with Gasteiger partial charge in [-0.3, -0.25) is 4.79 Å². The molecule has 0 spiro atoms. The van der Waals surface area contributed by atoms with Gasteiger partial charge in [0.1, 0.15) is 0 Å². The normalized spacial score (nSPS) is 12.1. The number of hydrogen-bond acceptors (Lipinski definition) is 2. The van der Waals surface area contributed by atoms with Gasteiger partial charge in [0.25, 0.3) is 5.91 Å². The number of benzene rings is 2. The number of rotatable bonds is 11. The van der Waals surface area contributed by atoms with Crippen molar-refractivity contribution in [3.05, 3.63) is 64.7 Å². The Morgan fingerprint density at radius 1 is 1.17 bits per heavy atom. The third kappa shape index (κ3) is 9.38. The lowest BCUT2D eigenvalue weighted by atomic mass is 9.95. The number of nitrogen functional groups attached to an aromatic ring is 1. The zero-order chi connectivity index (χ0) is 21.3. The zero-order valence-electron chi connectivity index (χ0n) is 18.3. The maximum absolute atomic E-state index is 12.1. The van der Waals surface area contributed by atoms with Gasteiger partial charge in [-0.25, -0.2) is 0 Å². The van der Waals surface area contributed by atoms with Crippen LogP contribution in [0.4, 0.5) is 5.69 Å². The maximum Gasteiger partial charge on any atom is 0.251 e. The topological polar surface area (TPSA) is 55.1 Å². The fraction of sp³-hybridized carbons (Fsp3) is 0.458. The Hall–Kier alpha value is -1.75. The van der Waals surface area contributed by atoms with Gasteiger partial charge in [-0.2, -0.15) is 0 Å². The molecular formula is C24H35Cl2N3O. The van der Waals surface area contributed by atoms with Crippen LogP contribution < -0.4 is 23.5 Å². The van der Waals surface area contributed by atoms with E-state index in [4.69, 9.17) is 17.3 Å². The second-order valence-corrected chi connectivity index (χ2v) is 8.96. The first-order chi connectivity index (χ1) is 13.8. The van der Waals surface area contributed by atoms with Crippen LogP contribution in [-0.4, -0.2) is 44.1 Å². The summed E-state index contributed by atoms with van der Waals surface area (Å²) in [5.74, 6) is 0.646. The standard InChI is InChI=1S/C24H34ClN3O.ClH/c1-4-19(11-12-20-15-22(25)17-23(26)16-20)18-28(2,3)14-8-13-27-24(29)21-9-6-5-7-10-21;/h5-7,9-10,15-17,19H,4,8,11-14,18,26H2,1-3H3;1H. The van der Waals surface area contributed by atoms with Crippen molar-refractivity contribution in [1.29, 1.82) is 0 Å². The van der Waals surface area contributed by atoms with Gasteiger partial charge in [-0.1, -0.05) is 36.7 Å². The Labute approximate surface area is 192 Å². The van der Waals surface area contributed by atoms with Crippen LogP contribution >= 0.6 is 11.6 Å². The molecular weight excluding hydrogens is 417 g/mol. The highest BCUT2D eigenvalue weighted by Crippen LogP contribution is 2.21. The van der Waals surface area contributed by atoms with E-state index in [1.54, 1.807) is 6.07 Å². The minimum atomic E-state index is 0. The second-order valence-electron chi connectivity index (χ2n) is 8.52. The van der Waals surface area contributed by atoms with E-state index < -0.39 is 0 Å². The molecule has 0 saturated heterocycles. The SMILES string of the molecule is CCC(CCc1cc(N)cc(Cl)c1)C[N+](C)(C)CCCNC(=O)c1ccccc1.[Cl-]. The Bertz CT molecular complexity index is 761. The van der Waals surface area contributed by atoms with E-state index in [1.807, 2.05) is 42.5 Å². The smallest absolute Gasteiger partial charge is 0.251 e. The number of carbonyl (C=O) groups excluding carboxylic acids is 1. The van der Waals surface area contributed by atoms with E-state index in [0.29, 0.717) is 23.0 Å². The fourth-order valence-corrected chi connectivity index (χ4v) is 4.07. The maximum atomic E-state index is 12.1. The largest absolute Gasteiger partial charge is 1.00 e. The molecule has 0 fully saturated rings. The van der Waals surface area contributed by atoms with Crippen LogP contribution in [-0.2, 0) is 6.42 Å². The first kappa shape index (κ1) is 26.3. The van der Waals surface area contributed by atoms with Crippen molar-refractivity contribution in [2.45, 2.75) is 32.6 Å². The number of nitrogens with one attached hydrogen (secondary N) is 1. The van der Waals surface area contributed by atoms with Crippen LogP contribution in [0.1, 0.15) is 42.1 Å². The molecule has 2 rings (SSSR count). The van der Waals surface area contributed by atoms with Crippen molar-refractivity contribution < 1.29 is 21.7 Å². The van der Waals surface area contributed by atoms with Gasteiger partial charge in [0.15, 0.2) is 0 Å². The van der Waals surface area contributed by atoms with Crippen molar-refractivity contribution in [3.63, 3.8) is 0 Å². The molecule has 6 heteroatoms. The van der Waals surface area contributed by atoms with Crippen LogP contribution in [0.2, 0.25) is 5.02 Å². The van der Waals surface area contributed by atoms with Gasteiger partial charge in [0, 0.05) is 35.2 Å². The molecule has 0 saturated carbocycles. The molecule has 2 aromatic carbocycles. The molecule has 3 N–H and O–H groups in total. The summed E-state index contributed by atoms with van der Waals surface area (Å²) in [6, 6.07) is 15.2. The number of quaternary nitrogens is 1. The first-order valence-corrected chi connectivity index (χ1v) is 10.9. The highest BCUT2D eigenvalue weighted by Gasteiger charge is 2.21. The number of anilines is 1. The average Bonchev–Trinajstić information content (AvgIpc) is 2.68. The Morgan fingerprint density at radius 2 is 1.87 bits per heavy atom. The highest BCUT2D eigenvalue weighted by atomic mass is 35.5. The number of hydrogen-bond donors (Lipinski definition) is 2. The lowest BCUT2D eigenvalue weighted by Gasteiger charge is -2.33. The molecule has 1 atom stereocenters. The van der Waals surface area contributed by atoms with Crippen molar-refractivity contribution in [3.8, 4) is 0 Å². The minimum Gasteiger partial charge on any atom is -1.00 e. The molecule has 30 heavy (non-hydrogen) atoms. The van der Waals surface area contributed by atoms with E-state index in [9.17, 15) is 4.79 Å². The van der Waals surface area contributed by atoms with Crippen molar-refractivity contribution in [2.75, 3.05) is 39.5 Å². The third-order valence-corrected chi connectivity index (χ3v) is 5.63. The van der Waals surface area contributed by atoms with Gasteiger partial charge in [0.2, 0.25) is 0 Å². The molecule has 0 aliphatic rings. The summed E-state index contributed by atoms with van der Waals surface area (Å²) < 4.78 is 0.956. The number of carbonyl (C=O) groups is 1. The van der Waals surface area contributed by atoms with Gasteiger partial charge in [-0.05, 0) is 55.2 Å². The fourth-order valence-electron chi connectivity index (χ4n) is 3.81. The number of halogens is 2. The summed E-state index contributed by atoms with van der Waals surface area (Å²) in [6.07, 6.45) is 4.24. The number of nitrogens with two attached hydrogens (primary N) is 1. The Kier molecular flexibility index (Phi) is 11.2. The van der Waals surface area contributed by atoms with Gasteiger partial charge < -0.3 is 27.9 Å². The minimum absolute atomic E-state index is 0. The summed E-state index contributed by atoms with van der Waals surface area (Å²) in [4.78, 5) is 12.1. The monoisotopic (exact) mass is 451 g/mol. The molecule has 0 radical (unpaired) electrons. The molecule has 4 nitrogen and oxygen atoms in total. The predicted molar refractivity (Wildman–Crippen MR) is 123 cm³/mol. The van der Waals surface area contributed by atoms with Crippen molar-refractivity contribution in [2.24, 2.45) is 5.92 Å². The predicted octanol–water partition coefficient (Wildman–Crippen LogP) is 1.78. The Balaban J connectivity index is 0.00000450. The number of aryl methyl sites for hydroxylation is 1. The summed E-state index contributed by atoms with van der Waals surface area (Å²) >= 11 is 6.13. The van der Waals surface area contributed by atoms with Crippen molar-refractivity contribution in [1.82, 2.24) is 5.32 Å². The van der Waals surface area contributed by atoms with Crippen LogP contribution in [0.3, 0.4) is 0 Å². The summed E-state index contributed by atoms with van der Waals surface area (Å²) in [7, 11) is 4.55. The van der Waals surface area contributed by atoms with E-state index in [2.05, 4.69) is 26.3 Å². The highest BCUT2D eigenvalue weighted by molar-refractivity contribution is 6.30. The number of nitrogens with zero attached hydrogens (tertiary/aromatic N) is 1. The van der Waals surface area contributed by atoms with E-state index in [1.165, 1.54) is 5.56 Å². The zero-order valence-corrected chi connectivity index (χ0v) is 19.8. The summed E-state index contributed by atoms with van der Waals surface area (Å²) in [5.41, 5.74) is 8.57. The van der Waals surface area contributed by atoms with Crippen LogP contribution in [0.15, 0.2) is 48.5 Å². The molecule has 0 aromatic heterocycles. The lowest BCUT2D eigenvalue weighted by molar-refractivity contribution is -0.893. The van der Waals surface area contributed by atoms with E-state index in [-0.39, 0.29) is 18.3 Å². The van der Waals surface area contributed by atoms with Gasteiger partial charge in [0.05, 0.1) is 27.2 Å². The molecule has 0 bridgehead atoms. The third-order valence-electron chi connectivity index (χ3n) is 5.41. The average molecular weight is 452 g/mol. The Morgan fingerprint density at radius 3 is 2.50 bits per heavy atom. The van der Waals surface area contributed by atoms with Crippen LogP contribution in [0, 0.1) is 5.92 Å². The summed E-state index contributed by atoms with van der Waals surface area (Å²) in [5, 5.41) is 3.73.